The average molecular weight is 377 g/mol. The minimum Gasteiger partial charge on any atom is -0.494 e. The molecule has 1 heterocycles. The zero-order valence-corrected chi connectivity index (χ0v) is 15.2. The third-order valence-corrected chi connectivity index (χ3v) is 4.37. The maximum atomic E-state index is 5.91. The van der Waals surface area contributed by atoms with Crippen molar-refractivity contribution in [3.63, 3.8) is 0 Å². The standard InChI is InChI=1S/C17H17ClN4O2S/c1-2-23-15-7-9-16(10-8-15)24-11-12-25-17-19-20-21-22(17)14-5-3-13(18)4-6-14/h3-10H,2,11-12H2,1H3. The normalized spacial score (nSPS) is 10.6. The maximum Gasteiger partial charge on any atom is 0.214 e. The highest BCUT2D eigenvalue weighted by Gasteiger charge is 2.09. The molecule has 0 N–H and O–H groups in total. The summed E-state index contributed by atoms with van der Waals surface area (Å²) in [6, 6.07) is 14.9. The number of hydrogen-bond donors (Lipinski definition) is 0. The van der Waals surface area contributed by atoms with Gasteiger partial charge in [-0.25, -0.2) is 0 Å². The summed E-state index contributed by atoms with van der Waals surface area (Å²) in [4.78, 5) is 0. The Balaban J connectivity index is 1.51. The Hall–Kier alpha value is -2.25. The number of hydrogen-bond acceptors (Lipinski definition) is 6. The molecule has 0 amide bonds. The molecule has 25 heavy (non-hydrogen) atoms. The van der Waals surface area contributed by atoms with Gasteiger partial charge in [-0.15, -0.1) is 5.10 Å². The third-order valence-electron chi connectivity index (χ3n) is 3.23. The van der Waals surface area contributed by atoms with E-state index in [-0.39, 0.29) is 0 Å². The number of tetrazole rings is 1. The number of aromatic nitrogens is 4. The molecule has 0 radical (unpaired) electrons. The fourth-order valence-electron chi connectivity index (χ4n) is 2.10. The van der Waals surface area contributed by atoms with Crippen molar-refractivity contribution in [2.45, 2.75) is 12.1 Å². The summed E-state index contributed by atoms with van der Waals surface area (Å²) in [5.41, 5.74) is 0.865. The molecule has 2 aromatic carbocycles. The molecule has 6 nitrogen and oxygen atoms in total. The van der Waals surface area contributed by atoms with E-state index in [2.05, 4.69) is 15.5 Å². The van der Waals surface area contributed by atoms with Crippen molar-refractivity contribution in [3.05, 3.63) is 53.6 Å². The van der Waals surface area contributed by atoms with Crippen molar-refractivity contribution in [1.82, 2.24) is 20.2 Å². The summed E-state index contributed by atoms with van der Waals surface area (Å²) in [6.07, 6.45) is 0. The summed E-state index contributed by atoms with van der Waals surface area (Å²) in [6.45, 7) is 3.16. The number of halogens is 1. The van der Waals surface area contributed by atoms with Gasteiger partial charge < -0.3 is 9.47 Å². The Morgan fingerprint density at radius 1 is 1.00 bits per heavy atom. The molecule has 3 rings (SSSR count). The smallest absolute Gasteiger partial charge is 0.214 e. The van der Waals surface area contributed by atoms with E-state index in [1.54, 1.807) is 4.68 Å². The van der Waals surface area contributed by atoms with E-state index in [1.807, 2.05) is 55.5 Å². The van der Waals surface area contributed by atoms with Gasteiger partial charge in [-0.05, 0) is 65.9 Å². The number of thioether (sulfide) groups is 1. The summed E-state index contributed by atoms with van der Waals surface area (Å²) in [5.74, 6) is 2.37. The van der Waals surface area contributed by atoms with Crippen LogP contribution in [0.5, 0.6) is 11.5 Å². The molecule has 0 aliphatic rings. The van der Waals surface area contributed by atoms with Crippen LogP contribution in [0.3, 0.4) is 0 Å². The van der Waals surface area contributed by atoms with E-state index < -0.39 is 0 Å². The van der Waals surface area contributed by atoms with E-state index in [0.29, 0.717) is 23.4 Å². The van der Waals surface area contributed by atoms with Crippen LogP contribution < -0.4 is 9.47 Å². The molecule has 0 saturated heterocycles. The molecule has 130 valence electrons. The largest absolute Gasteiger partial charge is 0.494 e. The zero-order chi connectivity index (χ0) is 17.5. The second kappa shape index (κ2) is 8.73. The van der Waals surface area contributed by atoms with Gasteiger partial charge >= 0.3 is 0 Å². The summed E-state index contributed by atoms with van der Waals surface area (Å²) in [5, 5.41) is 13.2. The molecule has 3 aromatic rings. The van der Waals surface area contributed by atoms with Crippen molar-refractivity contribution < 1.29 is 9.47 Å². The molecule has 0 aliphatic carbocycles. The lowest BCUT2D eigenvalue weighted by molar-refractivity contribution is 0.332. The second-order valence-electron chi connectivity index (χ2n) is 4.95. The topological polar surface area (TPSA) is 62.1 Å². The van der Waals surface area contributed by atoms with Gasteiger partial charge in [0.05, 0.1) is 18.9 Å². The van der Waals surface area contributed by atoms with Gasteiger partial charge in [0.1, 0.15) is 11.5 Å². The molecule has 0 atom stereocenters. The fourth-order valence-corrected chi connectivity index (χ4v) is 2.94. The Kier molecular flexibility index (Phi) is 6.14. The number of ether oxygens (including phenoxy) is 2. The Morgan fingerprint density at radius 2 is 1.68 bits per heavy atom. The predicted octanol–water partition coefficient (Wildman–Crippen LogP) is 3.89. The maximum absolute atomic E-state index is 5.91. The highest BCUT2D eigenvalue weighted by molar-refractivity contribution is 7.99. The molecule has 1 aromatic heterocycles. The molecule has 0 aliphatic heterocycles. The van der Waals surface area contributed by atoms with Crippen LogP contribution >= 0.6 is 23.4 Å². The van der Waals surface area contributed by atoms with Crippen LogP contribution in [0, 0.1) is 0 Å². The first-order valence-electron chi connectivity index (χ1n) is 7.79. The summed E-state index contributed by atoms with van der Waals surface area (Å²) < 4.78 is 12.8. The molecular formula is C17H17ClN4O2S. The van der Waals surface area contributed by atoms with Crippen LogP contribution in [0.1, 0.15) is 6.92 Å². The van der Waals surface area contributed by atoms with Crippen molar-refractivity contribution in [2.75, 3.05) is 19.0 Å². The first-order valence-corrected chi connectivity index (χ1v) is 9.15. The molecule has 0 unspecified atom stereocenters. The quantitative estimate of drug-likeness (QED) is 0.439. The first-order chi connectivity index (χ1) is 12.3. The Bertz CT molecular complexity index is 793. The van der Waals surface area contributed by atoms with Crippen molar-refractivity contribution in [2.24, 2.45) is 0 Å². The van der Waals surface area contributed by atoms with Gasteiger partial charge in [0.2, 0.25) is 5.16 Å². The lowest BCUT2D eigenvalue weighted by Gasteiger charge is -2.08. The minimum absolute atomic E-state index is 0.548. The van der Waals surface area contributed by atoms with Gasteiger partial charge in [-0.2, -0.15) is 4.68 Å². The molecule has 0 spiro atoms. The fraction of sp³-hybridized carbons (Fsp3) is 0.235. The summed E-state index contributed by atoms with van der Waals surface area (Å²) >= 11 is 7.44. The lowest BCUT2D eigenvalue weighted by Crippen LogP contribution is -2.03. The van der Waals surface area contributed by atoms with Gasteiger partial charge in [0.15, 0.2) is 0 Å². The van der Waals surface area contributed by atoms with E-state index >= 15 is 0 Å². The van der Waals surface area contributed by atoms with Crippen LogP contribution in [0.4, 0.5) is 0 Å². The Labute approximate surface area is 155 Å². The third kappa shape index (κ3) is 4.87. The molecule has 0 bridgehead atoms. The van der Waals surface area contributed by atoms with E-state index in [1.165, 1.54) is 11.8 Å². The van der Waals surface area contributed by atoms with Crippen LogP contribution in [-0.2, 0) is 0 Å². The van der Waals surface area contributed by atoms with Crippen LogP contribution in [0.25, 0.3) is 5.69 Å². The van der Waals surface area contributed by atoms with Crippen LogP contribution in [0.15, 0.2) is 53.7 Å². The highest BCUT2D eigenvalue weighted by Crippen LogP contribution is 2.21. The average Bonchev–Trinajstić information content (AvgIpc) is 3.09. The van der Waals surface area contributed by atoms with Crippen molar-refractivity contribution in [1.29, 1.82) is 0 Å². The number of rotatable bonds is 8. The minimum atomic E-state index is 0.548. The monoisotopic (exact) mass is 376 g/mol. The van der Waals surface area contributed by atoms with E-state index in [9.17, 15) is 0 Å². The van der Waals surface area contributed by atoms with Gasteiger partial charge in [-0.1, -0.05) is 23.4 Å². The first kappa shape index (κ1) is 17.6. The zero-order valence-electron chi connectivity index (χ0n) is 13.6. The number of benzene rings is 2. The molecule has 8 heteroatoms. The SMILES string of the molecule is CCOc1ccc(OCCSc2nnnn2-c2ccc(Cl)cc2)cc1. The second-order valence-corrected chi connectivity index (χ2v) is 6.45. The van der Waals surface area contributed by atoms with Crippen molar-refractivity contribution in [3.8, 4) is 17.2 Å². The predicted molar refractivity (Wildman–Crippen MR) is 98.0 cm³/mol. The van der Waals surface area contributed by atoms with Gasteiger partial charge in [0, 0.05) is 10.8 Å². The van der Waals surface area contributed by atoms with Gasteiger partial charge in [0.25, 0.3) is 0 Å². The van der Waals surface area contributed by atoms with Crippen LogP contribution in [0.2, 0.25) is 5.02 Å². The van der Waals surface area contributed by atoms with E-state index in [4.69, 9.17) is 21.1 Å². The van der Waals surface area contributed by atoms with Crippen LogP contribution in [-0.4, -0.2) is 39.2 Å². The molecule has 0 fully saturated rings. The highest BCUT2D eigenvalue weighted by atomic mass is 35.5. The molecular weight excluding hydrogens is 360 g/mol. The number of nitrogens with zero attached hydrogens (tertiary/aromatic N) is 4. The molecule has 0 saturated carbocycles. The van der Waals surface area contributed by atoms with Crippen molar-refractivity contribution >= 4 is 23.4 Å². The lowest BCUT2D eigenvalue weighted by atomic mass is 10.3. The van der Waals surface area contributed by atoms with E-state index in [0.717, 1.165) is 22.9 Å². The Morgan fingerprint density at radius 3 is 2.36 bits per heavy atom. The summed E-state index contributed by atoms with van der Waals surface area (Å²) in [7, 11) is 0. The van der Waals surface area contributed by atoms with Gasteiger partial charge in [-0.3, -0.25) is 0 Å².